The maximum absolute atomic E-state index is 13.1. The molecule has 2 aromatic carbocycles. The lowest BCUT2D eigenvalue weighted by Gasteiger charge is -2.31. The Labute approximate surface area is 186 Å². The van der Waals surface area contributed by atoms with Gasteiger partial charge in [0.1, 0.15) is 11.8 Å². The second kappa shape index (κ2) is 13.5. The van der Waals surface area contributed by atoms with Gasteiger partial charge < -0.3 is 15.0 Å². The van der Waals surface area contributed by atoms with E-state index in [1.54, 1.807) is 4.90 Å². The van der Waals surface area contributed by atoms with Crippen LogP contribution in [0.5, 0.6) is 5.75 Å². The van der Waals surface area contributed by atoms with Crippen LogP contribution in [0, 0.1) is 5.92 Å². The Bertz CT molecular complexity index is 778. The zero-order valence-corrected chi connectivity index (χ0v) is 19.0. The Kier molecular flexibility index (Phi) is 10.6. The molecule has 0 heterocycles. The van der Waals surface area contributed by atoms with Crippen LogP contribution in [0.3, 0.4) is 0 Å². The van der Waals surface area contributed by atoms with E-state index < -0.39 is 6.04 Å². The lowest BCUT2D eigenvalue weighted by Crippen LogP contribution is -2.50. The molecule has 0 spiro atoms. The van der Waals surface area contributed by atoms with Gasteiger partial charge in [0.25, 0.3) is 0 Å². The normalized spacial score (nSPS) is 11.7. The third-order valence-corrected chi connectivity index (χ3v) is 5.10. The summed E-state index contributed by atoms with van der Waals surface area (Å²) in [5, 5.41) is 3.00. The van der Waals surface area contributed by atoms with Gasteiger partial charge in [-0.25, -0.2) is 0 Å². The molecule has 31 heavy (non-hydrogen) atoms. The van der Waals surface area contributed by atoms with Gasteiger partial charge in [0.15, 0.2) is 0 Å². The van der Waals surface area contributed by atoms with Crippen molar-refractivity contribution in [1.29, 1.82) is 0 Å². The molecule has 0 aliphatic carbocycles. The topological polar surface area (TPSA) is 58.6 Å². The summed E-state index contributed by atoms with van der Waals surface area (Å²) in [4.78, 5) is 27.7. The highest BCUT2D eigenvalue weighted by Gasteiger charge is 2.27. The summed E-state index contributed by atoms with van der Waals surface area (Å²) in [7, 11) is 0. The maximum Gasteiger partial charge on any atom is 0.242 e. The van der Waals surface area contributed by atoms with E-state index in [-0.39, 0.29) is 11.8 Å². The Morgan fingerprint density at radius 2 is 1.65 bits per heavy atom. The second-order valence-corrected chi connectivity index (χ2v) is 8.15. The van der Waals surface area contributed by atoms with Crippen molar-refractivity contribution in [2.24, 2.45) is 5.92 Å². The first-order valence-corrected chi connectivity index (χ1v) is 11.3. The Morgan fingerprint density at radius 3 is 2.26 bits per heavy atom. The molecule has 0 radical (unpaired) electrons. The SMILES string of the molecule is CCC(C(=O)NCC(C)C)N(CCc1ccccc1)C(=O)CCCOc1ccccc1. The summed E-state index contributed by atoms with van der Waals surface area (Å²) >= 11 is 0. The highest BCUT2D eigenvalue weighted by atomic mass is 16.5. The molecular formula is C26H36N2O3. The van der Waals surface area contributed by atoms with Gasteiger partial charge in [0.2, 0.25) is 11.8 Å². The summed E-state index contributed by atoms with van der Waals surface area (Å²) in [6.07, 6.45) is 2.28. The standard InChI is InChI=1S/C26H36N2O3/c1-4-24(26(30)27-20-21(2)3)28(18-17-22-12-7-5-8-13-22)25(29)16-11-19-31-23-14-9-6-10-15-23/h5-10,12-15,21,24H,4,11,16-20H2,1-3H3,(H,27,30). The number of benzene rings is 2. The third-order valence-electron chi connectivity index (χ3n) is 5.10. The fourth-order valence-electron chi connectivity index (χ4n) is 3.39. The molecule has 0 aliphatic heterocycles. The molecule has 2 amide bonds. The van der Waals surface area contributed by atoms with Crippen LogP contribution in [-0.4, -0.2) is 42.5 Å². The monoisotopic (exact) mass is 424 g/mol. The first-order valence-electron chi connectivity index (χ1n) is 11.3. The van der Waals surface area contributed by atoms with Gasteiger partial charge >= 0.3 is 0 Å². The summed E-state index contributed by atoms with van der Waals surface area (Å²) in [6, 6.07) is 19.2. The first-order chi connectivity index (χ1) is 15.0. The minimum absolute atomic E-state index is 0.000797. The van der Waals surface area contributed by atoms with E-state index in [1.807, 2.05) is 55.5 Å². The number of hydrogen-bond donors (Lipinski definition) is 1. The lowest BCUT2D eigenvalue weighted by atomic mass is 10.1. The van der Waals surface area contributed by atoms with Crippen molar-refractivity contribution in [3.63, 3.8) is 0 Å². The van der Waals surface area contributed by atoms with Crippen LogP contribution >= 0.6 is 0 Å². The third kappa shape index (κ3) is 8.83. The van der Waals surface area contributed by atoms with Crippen LogP contribution < -0.4 is 10.1 Å². The van der Waals surface area contributed by atoms with E-state index in [1.165, 1.54) is 0 Å². The summed E-state index contributed by atoms with van der Waals surface area (Å²) in [5.41, 5.74) is 1.16. The van der Waals surface area contributed by atoms with E-state index in [0.717, 1.165) is 17.7 Å². The lowest BCUT2D eigenvalue weighted by molar-refractivity contribution is -0.140. The number of nitrogens with one attached hydrogen (secondary N) is 1. The molecule has 0 aliphatic rings. The molecule has 0 fully saturated rings. The van der Waals surface area contributed by atoms with Gasteiger partial charge in [-0.1, -0.05) is 69.3 Å². The molecule has 0 bridgehead atoms. The van der Waals surface area contributed by atoms with E-state index in [2.05, 4.69) is 31.3 Å². The molecule has 0 aromatic heterocycles. The Balaban J connectivity index is 1.98. The fraction of sp³-hybridized carbons (Fsp3) is 0.462. The number of rotatable bonds is 13. The molecule has 168 valence electrons. The first kappa shape index (κ1) is 24.4. The van der Waals surface area contributed by atoms with Crippen LogP contribution in [0.25, 0.3) is 0 Å². The predicted octanol–water partition coefficient (Wildman–Crippen LogP) is 4.47. The van der Waals surface area contributed by atoms with Crippen molar-refractivity contribution in [3.05, 3.63) is 66.2 Å². The van der Waals surface area contributed by atoms with Crippen molar-refractivity contribution in [2.45, 2.75) is 52.5 Å². The van der Waals surface area contributed by atoms with Gasteiger partial charge in [0, 0.05) is 19.5 Å². The number of hydrogen-bond acceptors (Lipinski definition) is 3. The van der Waals surface area contributed by atoms with Gasteiger partial charge in [-0.15, -0.1) is 0 Å². The predicted molar refractivity (Wildman–Crippen MR) is 125 cm³/mol. The second-order valence-electron chi connectivity index (χ2n) is 8.15. The van der Waals surface area contributed by atoms with E-state index in [4.69, 9.17) is 4.74 Å². The summed E-state index contributed by atoms with van der Waals surface area (Å²) in [5.74, 6) is 1.10. The van der Waals surface area contributed by atoms with Crippen LogP contribution in [0.2, 0.25) is 0 Å². The van der Waals surface area contributed by atoms with Gasteiger partial charge in [-0.2, -0.15) is 0 Å². The van der Waals surface area contributed by atoms with Crippen LogP contribution in [0.1, 0.15) is 45.6 Å². The minimum atomic E-state index is -0.454. The van der Waals surface area contributed by atoms with Gasteiger partial charge in [-0.05, 0) is 42.9 Å². The van der Waals surface area contributed by atoms with Crippen LogP contribution in [-0.2, 0) is 16.0 Å². The molecule has 1 atom stereocenters. The zero-order chi connectivity index (χ0) is 22.5. The number of carbonyl (C=O) groups is 2. The average Bonchev–Trinajstić information content (AvgIpc) is 2.79. The molecule has 5 nitrogen and oxygen atoms in total. The highest BCUT2D eigenvalue weighted by Crippen LogP contribution is 2.13. The quantitative estimate of drug-likeness (QED) is 0.483. The minimum Gasteiger partial charge on any atom is -0.494 e. The molecule has 2 rings (SSSR count). The molecule has 1 unspecified atom stereocenters. The Hall–Kier alpha value is -2.82. The molecule has 0 saturated heterocycles. The van der Waals surface area contributed by atoms with Crippen molar-refractivity contribution >= 4 is 11.8 Å². The van der Waals surface area contributed by atoms with Crippen molar-refractivity contribution in [1.82, 2.24) is 10.2 Å². The summed E-state index contributed by atoms with van der Waals surface area (Å²) < 4.78 is 5.71. The number of carbonyl (C=O) groups excluding carboxylic acids is 2. The van der Waals surface area contributed by atoms with Crippen LogP contribution in [0.4, 0.5) is 0 Å². The smallest absolute Gasteiger partial charge is 0.242 e. The van der Waals surface area contributed by atoms with Crippen molar-refractivity contribution in [3.8, 4) is 5.75 Å². The zero-order valence-electron chi connectivity index (χ0n) is 19.0. The van der Waals surface area contributed by atoms with Crippen molar-refractivity contribution < 1.29 is 14.3 Å². The van der Waals surface area contributed by atoms with Crippen molar-refractivity contribution in [2.75, 3.05) is 19.7 Å². The number of para-hydroxylation sites is 1. The number of ether oxygens (including phenoxy) is 1. The van der Waals surface area contributed by atoms with Crippen LogP contribution in [0.15, 0.2) is 60.7 Å². The fourth-order valence-corrected chi connectivity index (χ4v) is 3.39. The molecule has 5 heteroatoms. The largest absolute Gasteiger partial charge is 0.494 e. The Morgan fingerprint density at radius 1 is 1.00 bits per heavy atom. The molecule has 1 N–H and O–H groups in total. The summed E-state index contributed by atoms with van der Waals surface area (Å²) in [6.45, 7) is 7.69. The molecule has 2 aromatic rings. The van der Waals surface area contributed by atoms with Gasteiger partial charge in [-0.3, -0.25) is 9.59 Å². The van der Waals surface area contributed by atoms with E-state index >= 15 is 0 Å². The highest BCUT2D eigenvalue weighted by molar-refractivity contribution is 5.87. The number of amides is 2. The maximum atomic E-state index is 13.1. The molecular weight excluding hydrogens is 388 g/mol. The van der Waals surface area contributed by atoms with E-state index in [0.29, 0.717) is 44.9 Å². The molecule has 0 saturated carbocycles. The average molecular weight is 425 g/mol. The van der Waals surface area contributed by atoms with E-state index in [9.17, 15) is 9.59 Å². The number of nitrogens with zero attached hydrogens (tertiary/aromatic N) is 1. The van der Waals surface area contributed by atoms with Gasteiger partial charge in [0.05, 0.1) is 6.61 Å².